The van der Waals surface area contributed by atoms with Crippen molar-refractivity contribution in [1.82, 2.24) is 53.6 Å². The van der Waals surface area contributed by atoms with Crippen LogP contribution in [0.4, 0.5) is 17.7 Å². The summed E-state index contributed by atoms with van der Waals surface area (Å²) in [5.74, 6) is -1.61. The van der Waals surface area contributed by atoms with Crippen LogP contribution in [0.15, 0.2) is 34.9 Å². The highest BCUT2D eigenvalue weighted by Crippen LogP contribution is 2.68. The van der Waals surface area contributed by atoms with Crippen LogP contribution in [0.2, 0.25) is 0 Å². The molecule has 0 aromatic carbocycles. The Morgan fingerprint density at radius 3 is 2.01 bits per heavy atom. The highest BCUT2D eigenvalue weighted by molar-refractivity contribution is 8.09. The van der Waals surface area contributed by atoms with E-state index in [-0.39, 0.29) is 57.8 Å². The van der Waals surface area contributed by atoms with Crippen LogP contribution in [0.25, 0.3) is 33.5 Å². The molecule has 6 aromatic heterocycles. The molecule has 3 aliphatic heterocycles. The Balaban J connectivity index is 0.888. The van der Waals surface area contributed by atoms with Crippen LogP contribution in [0, 0.1) is 5.92 Å². The second-order valence-corrected chi connectivity index (χ2v) is 25.1. The first-order valence-electron chi connectivity index (χ1n) is 21.8. The van der Waals surface area contributed by atoms with E-state index in [4.69, 9.17) is 66.3 Å². The molecule has 0 radical (unpaired) electrons. The fraction of sp³-hybridized carbons (Fsp3) is 0.559. The van der Waals surface area contributed by atoms with Gasteiger partial charge in [0.2, 0.25) is 17.7 Å². The number of hydrogen-bond acceptors (Lipinski definition) is 28. The quantitative estimate of drug-likeness (QED) is 0.0259. The zero-order valence-electron chi connectivity index (χ0n) is 39.2. The van der Waals surface area contributed by atoms with Crippen LogP contribution in [-0.2, 0) is 78.4 Å². The van der Waals surface area contributed by atoms with Gasteiger partial charge in [0.25, 0.3) is 17.1 Å². The molecule has 5 unspecified atom stereocenters. The highest BCUT2D eigenvalue weighted by Gasteiger charge is 2.58. The lowest BCUT2D eigenvalue weighted by Gasteiger charge is -2.28. The third-order valence-electron chi connectivity index (χ3n) is 12.3. The summed E-state index contributed by atoms with van der Waals surface area (Å²) in [7, 11) is -12.7. The zero-order valence-corrected chi connectivity index (χ0v) is 43.6. The van der Waals surface area contributed by atoms with Crippen molar-refractivity contribution >= 4 is 93.0 Å². The zero-order chi connectivity index (χ0) is 55.0. The number of phosphoric ester groups is 2. The third-order valence-corrected chi connectivity index (χ3v) is 19.6. The molecule has 416 valence electrons. The van der Waals surface area contributed by atoms with E-state index in [1.165, 1.54) is 40.5 Å². The number of aryl methyl sites for hydroxylation is 1. The second-order valence-electron chi connectivity index (χ2n) is 17.1. The van der Waals surface area contributed by atoms with Gasteiger partial charge in [0.05, 0.1) is 52.2 Å². The summed E-state index contributed by atoms with van der Waals surface area (Å²) in [5, 5.41) is 33.3. The summed E-state index contributed by atoms with van der Waals surface area (Å²) >= 11 is 4.78. The Bertz CT molecular complexity index is 3490. The maximum absolute atomic E-state index is 14.5. The molecule has 3 saturated heterocycles. The van der Waals surface area contributed by atoms with Crippen molar-refractivity contribution < 1.29 is 99.0 Å². The molecule has 16 atom stereocenters. The lowest BCUT2D eigenvalue weighted by Crippen LogP contribution is -2.45. The number of ether oxygens (including phenoxy) is 5. The van der Waals surface area contributed by atoms with Crippen molar-refractivity contribution in [3.63, 3.8) is 0 Å². The number of anilines is 3. The number of nitrogen functional groups attached to an aromatic ring is 3. The van der Waals surface area contributed by atoms with Gasteiger partial charge in [-0.15, -0.1) is 0 Å². The predicted molar refractivity (Wildman–Crippen MR) is 254 cm³/mol. The minimum Gasteiger partial charge on any atom is -0.387 e. The summed E-state index contributed by atoms with van der Waals surface area (Å²) in [4.78, 5) is 98.0. The molecule has 0 bridgehead atoms. The van der Waals surface area contributed by atoms with Crippen LogP contribution in [0.5, 0.6) is 0 Å². The van der Waals surface area contributed by atoms with Crippen LogP contribution in [0.3, 0.4) is 0 Å². The Kier molecular flexibility index (Phi) is 15.6. The molecule has 3 aliphatic rings. The number of imidazole rings is 3. The number of aromatic amines is 2. The number of rotatable bonds is 20. The van der Waals surface area contributed by atoms with Crippen LogP contribution in [-0.4, -0.2) is 178 Å². The molecule has 0 saturated carbocycles. The molecular weight excluding hydrogens is 1130 g/mol. The van der Waals surface area contributed by atoms with E-state index >= 15 is 0 Å². The van der Waals surface area contributed by atoms with Gasteiger partial charge in [-0.3, -0.25) is 46.9 Å². The Morgan fingerprint density at radius 2 is 1.34 bits per heavy atom. The van der Waals surface area contributed by atoms with Crippen molar-refractivity contribution in [3.05, 3.63) is 46.0 Å². The first kappa shape index (κ1) is 56.0. The lowest BCUT2D eigenvalue weighted by atomic mass is 9.99. The largest absolute Gasteiger partial charge is 0.479 e. The Labute approximate surface area is 428 Å². The topological polar surface area (TPSA) is 525 Å². The van der Waals surface area contributed by atoms with Gasteiger partial charge >= 0.3 is 35.6 Å². The molecule has 15 N–H and O–H groups in total. The van der Waals surface area contributed by atoms with E-state index in [1.54, 1.807) is 0 Å². The van der Waals surface area contributed by atoms with E-state index in [9.17, 15) is 58.2 Å². The van der Waals surface area contributed by atoms with Crippen molar-refractivity contribution in [1.29, 1.82) is 0 Å². The molecular formula is C34H48N15O22P4S+. The van der Waals surface area contributed by atoms with Crippen molar-refractivity contribution in [2.45, 2.75) is 67.1 Å². The van der Waals surface area contributed by atoms with Gasteiger partial charge < -0.3 is 80.3 Å². The van der Waals surface area contributed by atoms with Gasteiger partial charge in [0.15, 0.2) is 41.4 Å². The highest BCUT2D eigenvalue weighted by atomic mass is 32.5. The number of aliphatic hydroxyl groups excluding tert-OH is 3. The lowest BCUT2D eigenvalue weighted by molar-refractivity contribution is -0.745. The molecule has 0 aliphatic carbocycles. The summed E-state index contributed by atoms with van der Waals surface area (Å²) in [5.41, 5.74) is 14.0. The van der Waals surface area contributed by atoms with E-state index in [1.807, 2.05) is 0 Å². The molecule has 6 aromatic rings. The summed E-state index contributed by atoms with van der Waals surface area (Å²) in [6.45, 7) is -8.57. The van der Waals surface area contributed by atoms with Gasteiger partial charge in [0.1, 0.15) is 54.1 Å². The van der Waals surface area contributed by atoms with Gasteiger partial charge in [0, 0.05) is 20.1 Å². The molecule has 42 heteroatoms. The molecule has 0 amide bonds. The number of aromatic nitrogens is 12. The third kappa shape index (κ3) is 10.9. The van der Waals surface area contributed by atoms with Crippen molar-refractivity contribution in [2.24, 2.45) is 13.0 Å². The van der Waals surface area contributed by atoms with Gasteiger partial charge in [-0.05, 0) is 11.8 Å². The molecule has 9 rings (SSSR count). The fourth-order valence-electron chi connectivity index (χ4n) is 8.98. The monoisotopic (exact) mass is 1170 g/mol. The number of methoxy groups -OCH3 is 2. The molecule has 76 heavy (non-hydrogen) atoms. The van der Waals surface area contributed by atoms with Crippen LogP contribution >= 0.6 is 30.0 Å². The molecule has 37 nitrogen and oxygen atoms in total. The standard InChI is InChI=1S/C34H47N15O22P4S/c1-46-11-49(27-18(46)29(54)45-34(37)43-27)30-19(50)12(4-62-2)13(67-30)5-65-73(57,58)70-75(61,76)71-74(59,60)66-7-15-23(22(63-3)32(69-15)47-9-40-16-24(35)38-8-39-25(16)47)72(55,56)64-6-14-20(51)21(52)31(68-14)48-10-41-17-26(48)42-33(36)44-28(17)53/h8-15,19-23,30-32,50-52H,4-7H2,1-3H3,(H11-,35,36,37,38,39,42,43,44,45,53,54,55,56,57,58,59,60,61,76)/p+1/t12-,13-,14-,15?,19-,20-,21-,22-,23-,30-,31-,32-,75?/m1/s1. The van der Waals surface area contributed by atoms with Crippen molar-refractivity contribution in [2.75, 3.05) is 57.8 Å². The number of nitrogens with zero attached hydrogens (tertiary/aromatic N) is 10. The van der Waals surface area contributed by atoms with Gasteiger partial charge in [-0.2, -0.15) is 4.98 Å². The van der Waals surface area contributed by atoms with E-state index < -0.39 is 134 Å². The SMILES string of the molecule is COC[C@H]1[C@@H](O)[C@H]([n+]2cn(C)c3c(=O)[nH]c(N)nc32)O[C@@H]1COP(=O)(O)OP(O)(=S)OP(=O)(O)OCC1O[C@@H](n2cnc3c(N)ncnc32)[C@H](OC)[C@@H]1P(=O)(O)OC[C@H]1O[C@@H](n2cnc3c(=O)[nH]c(N)nc32)[C@H](O)[C@@H]1O. The average Bonchev–Trinajstić information content (AvgIpc) is 4.21. The molecule has 0 spiro atoms. The molecule has 3 fully saturated rings. The normalized spacial score (nSPS) is 30.2. The first-order valence-corrected chi connectivity index (χ1v) is 29.1. The molecule has 9 heterocycles. The van der Waals surface area contributed by atoms with E-state index in [2.05, 4.69) is 48.5 Å². The maximum atomic E-state index is 14.5. The number of hydrogen-bond donors (Lipinski definition) is 12. The van der Waals surface area contributed by atoms with Gasteiger partial charge in [-0.25, -0.2) is 42.3 Å². The summed E-state index contributed by atoms with van der Waals surface area (Å²) in [6.07, 6.45) is -10.8. The van der Waals surface area contributed by atoms with Crippen molar-refractivity contribution in [3.8, 4) is 0 Å². The van der Waals surface area contributed by atoms with E-state index in [0.717, 1.165) is 24.3 Å². The maximum Gasteiger partial charge on any atom is 0.479 e. The predicted octanol–water partition coefficient (Wildman–Crippen LogP) is -3.62. The number of nitrogens with two attached hydrogens (primary N) is 3. The summed E-state index contributed by atoms with van der Waals surface area (Å²) in [6, 6.07) is 0. The minimum atomic E-state index is -5.77. The average molecular weight is 1170 g/mol. The minimum absolute atomic E-state index is 0.00794. The number of aliphatic hydroxyl groups is 3. The summed E-state index contributed by atoms with van der Waals surface area (Å²) < 4.78 is 99.8. The smallest absolute Gasteiger partial charge is 0.387 e. The van der Waals surface area contributed by atoms with Crippen LogP contribution in [0.1, 0.15) is 18.7 Å². The number of H-pyrrole nitrogens is 2. The van der Waals surface area contributed by atoms with Gasteiger partial charge in [-0.1, -0.05) is 4.98 Å². The number of phosphoric acid groups is 2. The van der Waals surface area contributed by atoms with Crippen LogP contribution < -0.4 is 32.9 Å². The Morgan fingerprint density at radius 1 is 0.737 bits per heavy atom. The second kappa shape index (κ2) is 21.2. The fourth-order valence-corrected chi connectivity index (χ4v) is 15.8. The first-order chi connectivity index (χ1) is 35.7. The number of fused-ring (bicyclic) bond motifs is 3. The van der Waals surface area contributed by atoms with E-state index in [0.29, 0.717) is 0 Å². The number of nitrogens with one attached hydrogen (secondary N) is 2. The Hall–Kier alpha value is -4.69.